The molecule has 3 nitrogen and oxygen atoms in total. The van der Waals surface area contributed by atoms with E-state index in [1.54, 1.807) is 0 Å². The number of carbonyl (C=O) groups excluding carboxylic acids is 1. The second-order valence-electron chi connectivity index (χ2n) is 6.89. The monoisotopic (exact) mass is 376 g/mol. The lowest BCUT2D eigenvalue weighted by molar-refractivity contribution is 0.0974. The Morgan fingerprint density at radius 3 is 2.37 bits per heavy atom. The largest absolute Gasteiger partial charge is 0.378 e. The highest BCUT2D eigenvalue weighted by Gasteiger charge is 2.34. The van der Waals surface area contributed by atoms with Crippen molar-refractivity contribution < 1.29 is 4.79 Å². The lowest BCUT2D eigenvalue weighted by Gasteiger charge is -2.40. The maximum absolute atomic E-state index is 13.2. The molecule has 3 aromatic rings. The summed E-state index contributed by atoms with van der Waals surface area (Å²) in [6.07, 6.45) is 0.806. The summed E-state index contributed by atoms with van der Waals surface area (Å²) in [5.41, 5.74) is 3.72. The molecule has 0 bridgehead atoms. The minimum Gasteiger partial charge on any atom is -0.378 e. The van der Waals surface area contributed by atoms with Crippen LogP contribution in [0.3, 0.4) is 0 Å². The molecule has 27 heavy (non-hydrogen) atoms. The van der Waals surface area contributed by atoms with Crippen LogP contribution in [0.15, 0.2) is 78.9 Å². The van der Waals surface area contributed by atoms with Gasteiger partial charge in [0.1, 0.15) is 0 Å². The van der Waals surface area contributed by atoms with Crippen molar-refractivity contribution in [3.63, 3.8) is 0 Å². The van der Waals surface area contributed by atoms with Gasteiger partial charge in [-0.2, -0.15) is 0 Å². The van der Waals surface area contributed by atoms with Gasteiger partial charge in [-0.05, 0) is 61.4 Å². The van der Waals surface area contributed by atoms with E-state index in [1.165, 1.54) is 0 Å². The quantitative estimate of drug-likeness (QED) is 0.614. The van der Waals surface area contributed by atoms with E-state index < -0.39 is 0 Å². The fraction of sp³-hybridized carbons (Fsp3) is 0.174. The van der Waals surface area contributed by atoms with Crippen LogP contribution < -0.4 is 10.2 Å². The van der Waals surface area contributed by atoms with Crippen LogP contribution in [0.2, 0.25) is 5.02 Å². The van der Waals surface area contributed by atoms with Crippen molar-refractivity contribution in [1.82, 2.24) is 0 Å². The topological polar surface area (TPSA) is 32.3 Å². The van der Waals surface area contributed by atoms with Crippen molar-refractivity contribution >= 4 is 28.9 Å². The zero-order valence-electron chi connectivity index (χ0n) is 15.1. The molecule has 3 aromatic carbocycles. The van der Waals surface area contributed by atoms with Crippen molar-refractivity contribution in [2.75, 3.05) is 10.2 Å². The number of amides is 1. The van der Waals surface area contributed by atoms with E-state index in [0.29, 0.717) is 10.6 Å². The van der Waals surface area contributed by atoms with Gasteiger partial charge in [-0.25, -0.2) is 0 Å². The molecule has 1 aliphatic rings. The summed E-state index contributed by atoms with van der Waals surface area (Å²) in [4.78, 5) is 15.1. The normalized spacial score (nSPS) is 18.7. The van der Waals surface area contributed by atoms with Crippen molar-refractivity contribution in [2.45, 2.75) is 25.4 Å². The summed E-state index contributed by atoms with van der Waals surface area (Å²) in [5.74, 6) is 0.0184. The smallest absolute Gasteiger partial charge is 0.258 e. The molecule has 4 rings (SSSR count). The first-order valence-corrected chi connectivity index (χ1v) is 9.51. The SMILES string of the molecule is C[C@@H]1C[C@H](Nc2ccccc2)c2cc(Cl)ccc2N1C(=O)c1ccccc1. The molecule has 136 valence electrons. The van der Waals surface area contributed by atoms with Crippen LogP contribution in [0.1, 0.15) is 35.3 Å². The number of carbonyl (C=O) groups is 1. The molecule has 2 atom stereocenters. The second kappa shape index (κ2) is 7.45. The van der Waals surface area contributed by atoms with E-state index in [-0.39, 0.29) is 18.0 Å². The number of halogens is 1. The molecular formula is C23H21ClN2O. The van der Waals surface area contributed by atoms with E-state index in [9.17, 15) is 4.79 Å². The lowest BCUT2D eigenvalue weighted by atomic mass is 9.90. The molecule has 0 fully saturated rings. The number of fused-ring (bicyclic) bond motifs is 1. The fourth-order valence-electron chi connectivity index (χ4n) is 3.74. The van der Waals surface area contributed by atoms with Gasteiger partial charge < -0.3 is 10.2 Å². The van der Waals surface area contributed by atoms with Crippen molar-refractivity contribution in [3.8, 4) is 0 Å². The number of hydrogen-bond donors (Lipinski definition) is 1. The first-order chi connectivity index (χ1) is 13.1. The molecule has 0 saturated carbocycles. The Bertz CT molecular complexity index is 943. The number of nitrogens with zero attached hydrogens (tertiary/aromatic N) is 1. The average molecular weight is 377 g/mol. The highest BCUT2D eigenvalue weighted by atomic mass is 35.5. The van der Waals surface area contributed by atoms with Gasteiger partial charge in [-0.3, -0.25) is 4.79 Å². The standard InChI is InChI=1S/C23H21ClN2O/c1-16-14-21(25-19-10-6-3-7-11-19)20-15-18(24)12-13-22(20)26(16)23(27)17-8-4-2-5-9-17/h2-13,15-16,21,25H,14H2,1H3/t16-,21+/m1/s1. The molecule has 0 saturated heterocycles. The number of hydrogen-bond acceptors (Lipinski definition) is 2. The minimum atomic E-state index is 0.0184. The van der Waals surface area contributed by atoms with Gasteiger partial charge in [0, 0.05) is 28.0 Å². The third-order valence-electron chi connectivity index (χ3n) is 5.00. The Balaban J connectivity index is 1.73. The highest BCUT2D eigenvalue weighted by molar-refractivity contribution is 6.30. The number of para-hydroxylation sites is 1. The Labute approximate surface area is 164 Å². The summed E-state index contributed by atoms with van der Waals surface area (Å²) in [6.45, 7) is 2.10. The van der Waals surface area contributed by atoms with Crippen molar-refractivity contribution in [3.05, 3.63) is 95.0 Å². The molecule has 0 radical (unpaired) electrons. The van der Waals surface area contributed by atoms with Gasteiger partial charge in [0.2, 0.25) is 0 Å². The van der Waals surface area contributed by atoms with Crippen LogP contribution in [0.25, 0.3) is 0 Å². The summed E-state index contributed by atoms with van der Waals surface area (Å²) >= 11 is 6.29. The third kappa shape index (κ3) is 3.56. The van der Waals surface area contributed by atoms with Gasteiger partial charge in [-0.15, -0.1) is 0 Å². The molecule has 0 aliphatic carbocycles. The molecular weight excluding hydrogens is 356 g/mol. The first-order valence-electron chi connectivity index (χ1n) is 9.13. The molecule has 1 N–H and O–H groups in total. The van der Waals surface area contributed by atoms with Crippen molar-refractivity contribution in [1.29, 1.82) is 0 Å². The predicted octanol–water partition coefficient (Wildman–Crippen LogP) is 5.93. The first kappa shape index (κ1) is 17.6. The highest BCUT2D eigenvalue weighted by Crippen LogP contribution is 2.40. The maximum atomic E-state index is 13.2. The van der Waals surface area contributed by atoms with Gasteiger partial charge >= 0.3 is 0 Å². The Kier molecular flexibility index (Phi) is 4.87. The van der Waals surface area contributed by atoms with Crippen molar-refractivity contribution in [2.24, 2.45) is 0 Å². The van der Waals surface area contributed by atoms with Gasteiger partial charge in [0.05, 0.1) is 6.04 Å². The summed E-state index contributed by atoms with van der Waals surface area (Å²) in [7, 11) is 0. The summed E-state index contributed by atoms with van der Waals surface area (Å²) < 4.78 is 0. The average Bonchev–Trinajstić information content (AvgIpc) is 2.69. The van der Waals surface area contributed by atoms with Crippen LogP contribution >= 0.6 is 11.6 Å². The van der Waals surface area contributed by atoms with Crippen LogP contribution in [-0.4, -0.2) is 11.9 Å². The molecule has 4 heteroatoms. The molecule has 1 amide bonds. The van der Waals surface area contributed by atoms with E-state index in [0.717, 1.165) is 23.4 Å². The number of benzene rings is 3. The zero-order chi connectivity index (χ0) is 18.8. The Morgan fingerprint density at radius 1 is 1.00 bits per heavy atom. The number of rotatable bonds is 3. The fourth-order valence-corrected chi connectivity index (χ4v) is 3.92. The maximum Gasteiger partial charge on any atom is 0.258 e. The van der Waals surface area contributed by atoms with Crippen LogP contribution in [0.4, 0.5) is 11.4 Å². The second-order valence-corrected chi connectivity index (χ2v) is 7.33. The zero-order valence-corrected chi connectivity index (χ0v) is 15.9. The van der Waals surface area contributed by atoms with Crippen LogP contribution in [0, 0.1) is 0 Å². The van der Waals surface area contributed by atoms with E-state index in [4.69, 9.17) is 11.6 Å². The van der Waals surface area contributed by atoms with E-state index >= 15 is 0 Å². The molecule has 0 aromatic heterocycles. The third-order valence-corrected chi connectivity index (χ3v) is 5.23. The Morgan fingerprint density at radius 2 is 1.67 bits per heavy atom. The minimum absolute atomic E-state index is 0.0184. The molecule has 0 unspecified atom stereocenters. The van der Waals surface area contributed by atoms with Crippen LogP contribution in [0.5, 0.6) is 0 Å². The Hall–Kier alpha value is -2.78. The van der Waals surface area contributed by atoms with Gasteiger partial charge in [0.15, 0.2) is 0 Å². The molecule has 1 heterocycles. The number of anilines is 2. The van der Waals surface area contributed by atoms with E-state index in [1.807, 2.05) is 71.6 Å². The van der Waals surface area contributed by atoms with Gasteiger partial charge in [0.25, 0.3) is 5.91 Å². The summed E-state index contributed by atoms with van der Waals surface area (Å²) in [6, 6.07) is 25.5. The molecule has 0 spiro atoms. The predicted molar refractivity (Wildman–Crippen MR) is 112 cm³/mol. The molecule has 1 aliphatic heterocycles. The lowest BCUT2D eigenvalue weighted by Crippen LogP contribution is -2.44. The number of nitrogens with one attached hydrogen (secondary N) is 1. The van der Waals surface area contributed by atoms with E-state index in [2.05, 4.69) is 24.4 Å². The van der Waals surface area contributed by atoms with Crippen LogP contribution in [-0.2, 0) is 0 Å². The summed E-state index contributed by atoms with van der Waals surface area (Å²) in [5, 5.41) is 4.27. The van der Waals surface area contributed by atoms with Gasteiger partial charge in [-0.1, -0.05) is 48.0 Å².